The third kappa shape index (κ3) is 4.37. The van der Waals surface area contributed by atoms with Gasteiger partial charge in [-0.15, -0.1) is 11.3 Å². The Kier molecular flexibility index (Phi) is 6.24. The summed E-state index contributed by atoms with van der Waals surface area (Å²) < 4.78 is 7.14. The van der Waals surface area contributed by atoms with Crippen LogP contribution in [0.3, 0.4) is 0 Å². The average molecular weight is 473 g/mol. The molecule has 5 rings (SSSR count). The Morgan fingerprint density at radius 1 is 1.00 bits per heavy atom. The maximum Gasteiger partial charge on any atom is 0.257 e. The van der Waals surface area contributed by atoms with Crippen LogP contribution in [0.4, 0.5) is 5.00 Å². The van der Waals surface area contributed by atoms with Crippen LogP contribution in [0.25, 0.3) is 16.1 Å². The zero-order valence-corrected chi connectivity index (χ0v) is 19.5. The topological polar surface area (TPSA) is 76.5 Å². The van der Waals surface area contributed by atoms with Crippen molar-refractivity contribution < 1.29 is 14.3 Å². The van der Waals surface area contributed by atoms with Gasteiger partial charge in [-0.2, -0.15) is 5.10 Å². The van der Waals surface area contributed by atoms with E-state index in [1.807, 2.05) is 61.7 Å². The number of carbonyl (C=O) groups excluding carboxylic acids is 2. The smallest absolute Gasteiger partial charge is 0.257 e. The Balaban J connectivity index is 1.47. The first-order valence-corrected chi connectivity index (χ1v) is 11.9. The zero-order chi connectivity index (χ0) is 23.5. The summed E-state index contributed by atoms with van der Waals surface area (Å²) >= 11 is 1.43. The molecule has 1 aliphatic rings. The standard InChI is InChI=1S/C26H24N4O3S/c1-18-22(26(32)29-14-16-33-17-15-29)25(34-23(18)19-6-3-2-4-7-19)28-24(31)20-8-10-21(11-9-20)30-13-5-12-27-30/h2-13H,14-17H2,1H3,(H,28,31). The third-order valence-electron chi connectivity index (χ3n) is 5.82. The second-order valence-corrected chi connectivity index (χ2v) is 9.00. The summed E-state index contributed by atoms with van der Waals surface area (Å²) in [5.74, 6) is -0.340. The van der Waals surface area contributed by atoms with Gasteiger partial charge in [0.05, 0.1) is 24.5 Å². The fourth-order valence-electron chi connectivity index (χ4n) is 4.01. The molecule has 0 unspecified atom stereocenters. The molecule has 1 fully saturated rings. The van der Waals surface area contributed by atoms with E-state index in [1.165, 1.54) is 11.3 Å². The van der Waals surface area contributed by atoms with Gasteiger partial charge in [0.2, 0.25) is 0 Å². The Bertz CT molecular complexity index is 1290. The summed E-state index contributed by atoms with van der Waals surface area (Å²) in [5.41, 5.74) is 3.81. The fraction of sp³-hybridized carbons (Fsp3) is 0.192. The fourth-order valence-corrected chi connectivity index (χ4v) is 5.21. The molecule has 4 aromatic rings. The van der Waals surface area contributed by atoms with Crippen molar-refractivity contribution in [1.29, 1.82) is 0 Å². The summed E-state index contributed by atoms with van der Waals surface area (Å²) in [6, 6.07) is 19.0. The predicted octanol–water partition coefficient (Wildman–Crippen LogP) is 4.63. The summed E-state index contributed by atoms with van der Waals surface area (Å²) in [6.07, 6.45) is 3.55. The van der Waals surface area contributed by atoms with Crippen LogP contribution in [-0.2, 0) is 4.74 Å². The van der Waals surface area contributed by atoms with Crippen LogP contribution in [-0.4, -0.2) is 52.8 Å². The number of morpholine rings is 1. The Hall–Kier alpha value is -3.75. The number of nitrogens with zero attached hydrogens (tertiary/aromatic N) is 3. The van der Waals surface area contributed by atoms with Gasteiger partial charge in [0.25, 0.3) is 11.8 Å². The number of nitrogens with one attached hydrogen (secondary N) is 1. The Labute approximate surface area is 201 Å². The first-order valence-electron chi connectivity index (χ1n) is 11.1. The molecule has 34 heavy (non-hydrogen) atoms. The number of benzene rings is 2. The lowest BCUT2D eigenvalue weighted by molar-refractivity contribution is 0.0303. The molecule has 1 N–H and O–H groups in total. The molecule has 8 heteroatoms. The number of ether oxygens (including phenoxy) is 1. The van der Waals surface area contributed by atoms with Crippen LogP contribution in [0.2, 0.25) is 0 Å². The van der Waals surface area contributed by atoms with Gasteiger partial charge in [0.15, 0.2) is 0 Å². The first-order chi connectivity index (χ1) is 16.6. The second kappa shape index (κ2) is 9.62. The van der Waals surface area contributed by atoms with Crippen LogP contribution >= 0.6 is 11.3 Å². The van der Waals surface area contributed by atoms with Crippen molar-refractivity contribution in [3.8, 4) is 16.1 Å². The van der Waals surface area contributed by atoms with E-state index in [2.05, 4.69) is 10.4 Å². The molecular formula is C26H24N4O3S. The van der Waals surface area contributed by atoms with Crippen LogP contribution in [0.1, 0.15) is 26.3 Å². The van der Waals surface area contributed by atoms with Gasteiger partial charge in [0.1, 0.15) is 5.00 Å². The van der Waals surface area contributed by atoms with Crippen molar-refractivity contribution >= 4 is 28.2 Å². The molecule has 172 valence electrons. The van der Waals surface area contributed by atoms with E-state index in [-0.39, 0.29) is 11.8 Å². The molecule has 1 saturated heterocycles. The third-order valence-corrected chi connectivity index (χ3v) is 7.08. The van der Waals surface area contributed by atoms with Gasteiger partial charge in [-0.3, -0.25) is 9.59 Å². The minimum Gasteiger partial charge on any atom is -0.378 e. The molecule has 2 aromatic carbocycles. The number of rotatable bonds is 5. The first kappa shape index (κ1) is 22.1. The SMILES string of the molecule is Cc1c(-c2ccccc2)sc(NC(=O)c2ccc(-n3cccn3)cc2)c1C(=O)N1CCOCC1. The van der Waals surface area contributed by atoms with E-state index in [1.54, 1.807) is 27.9 Å². The molecular weight excluding hydrogens is 448 g/mol. The van der Waals surface area contributed by atoms with Crippen molar-refractivity contribution in [1.82, 2.24) is 14.7 Å². The second-order valence-electron chi connectivity index (χ2n) is 7.98. The number of thiophene rings is 1. The molecule has 2 aromatic heterocycles. The van der Waals surface area contributed by atoms with Gasteiger partial charge < -0.3 is 15.0 Å². The number of aromatic nitrogens is 2. The van der Waals surface area contributed by atoms with Gasteiger partial charge in [-0.25, -0.2) is 4.68 Å². The van der Waals surface area contributed by atoms with Crippen LogP contribution < -0.4 is 5.32 Å². The molecule has 2 amide bonds. The van der Waals surface area contributed by atoms with E-state index in [0.717, 1.165) is 21.7 Å². The molecule has 0 atom stereocenters. The van der Waals surface area contributed by atoms with Gasteiger partial charge in [-0.05, 0) is 48.4 Å². The van der Waals surface area contributed by atoms with Crippen LogP contribution in [0, 0.1) is 6.92 Å². The van der Waals surface area contributed by atoms with Crippen molar-refractivity contribution in [3.05, 3.63) is 89.7 Å². The Morgan fingerprint density at radius 3 is 2.41 bits per heavy atom. The van der Waals surface area contributed by atoms with Crippen molar-refractivity contribution in [3.63, 3.8) is 0 Å². The predicted molar refractivity (Wildman–Crippen MR) is 133 cm³/mol. The molecule has 0 bridgehead atoms. The average Bonchev–Trinajstić information content (AvgIpc) is 3.53. The number of amides is 2. The van der Waals surface area contributed by atoms with E-state index in [4.69, 9.17) is 4.74 Å². The molecule has 0 radical (unpaired) electrons. The minimum atomic E-state index is -0.260. The lowest BCUT2D eigenvalue weighted by Gasteiger charge is -2.27. The lowest BCUT2D eigenvalue weighted by Crippen LogP contribution is -2.41. The largest absolute Gasteiger partial charge is 0.378 e. The highest BCUT2D eigenvalue weighted by Crippen LogP contribution is 2.40. The van der Waals surface area contributed by atoms with Crippen LogP contribution in [0.5, 0.6) is 0 Å². The van der Waals surface area contributed by atoms with Crippen LogP contribution in [0.15, 0.2) is 73.1 Å². The summed E-state index contributed by atoms with van der Waals surface area (Å²) in [6.45, 7) is 4.06. The number of hydrogen-bond acceptors (Lipinski definition) is 5. The number of anilines is 1. The van der Waals surface area contributed by atoms with E-state index < -0.39 is 0 Å². The van der Waals surface area contributed by atoms with E-state index in [0.29, 0.717) is 42.4 Å². The molecule has 1 aliphatic heterocycles. The minimum absolute atomic E-state index is 0.0800. The molecule has 7 nitrogen and oxygen atoms in total. The highest BCUT2D eigenvalue weighted by molar-refractivity contribution is 7.20. The van der Waals surface area contributed by atoms with Crippen molar-refractivity contribution in [2.75, 3.05) is 31.6 Å². The lowest BCUT2D eigenvalue weighted by atomic mass is 10.1. The van der Waals surface area contributed by atoms with Gasteiger partial charge >= 0.3 is 0 Å². The molecule has 0 spiro atoms. The van der Waals surface area contributed by atoms with E-state index in [9.17, 15) is 9.59 Å². The molecule has 0 aliphatic carbocycles. The maximum atomic E-state index is 13.5. The van der Waals surface area contributed by atoms with E-state index >= 15 is 0 Å². The summed E-state index contributed by atoms with van der Waals surface area (Å²) in [7, 11) is 0. The Morgan fingerprint density at radius 2 is 1.74 bits per heavy atom. The highest BCUT2D eigenvalue weighted by Gasteiger charge is 2.28. The van der Waals surface area contributed by atoms with Gasteiger partial charge in [-0.1, -0.05) is 30.3 Å². The monoisotopic (exact) mass is 472 g/mol. The number of hydrogen-bond donors (Lipinski definition) is 1. The summed E-state index contributed by atoms with van der Waals surface area (Å²) in [4.78, 5) is 29.4. The number of carbonyl (C=O) groups is 2. The maximum absolute atomic E-state index is 13.5. The molecule has 0 saturated carbocycles. The van der Waals surface area contributed by atoms with Crippen molar-refractivity contribution in [2.45, 2.75) is 6.92 Å². The van der Waals surface area contributed by atoms with Crippen molar-refractivity contribution in [2.24, 2.45) is 0 Å². The quantitative estimate of drug-likeness (QED) is 0.459. The zero-order valence-electron chi connectivity index (χ0n) is 18.7. The molecule has 3 heterocycles. The summed E-state index contributed by atoms with van der Waals surface area (Å²) in [5, 5.41) is 7.79. The normalized spacial score (nSPS) is 13.6. The van der Waals surface area contributed by atoms with Gasteiger partial charge in [0, 0.05) is 35.9 Å². The highest BCUT2D eigenvalue weighted by atomic mass is 32.1.